The Labute approximate surface area is 118 Å². The highest BCUT2D eigenvalue weighted by Gasteiger charge is 2.21. The third kappa shape index (κ3) is 3.27. The van der Waals surface area contributed by atoms with E-state index in [-0.39, 0.29) is 5.69 Å². The van der Waals surface area contributed by atoms with Crippen LogP contribution in [0.15, 0.2) is 18.2 Å². The van der Waals surface area contributed by atoms with E-state index in [1.54, 1.807) is 6.07 Å². The van der Waals surface area contributed by atoms with Crippen LogP contribution in [0.2, 0.25) is 0 Å². The predicted molar refractivity (Wildman–Crippen MR) is 77.4 cm³/mol. The van der Waals surface area contributed by atoms with E-state index in [2.05, 4.69) is 12.2 Å². The van der Waals surface area contributed by atoms with Crippen molar-refractivity contribution < 1.29 is 4.92 Å². The maximum absolute atomic E-state index is 10.7. The lowest BCUT2D eigenvalue weighted by Crippen LogP contribution is -2.24. The van der Waals surface area contributed by atoms with Gasteiger partial charge in [0.2, 0.25) is 0 Å². The molecule has 0 bridgehead atoms. The SMILES string of the molecule is CC1CCCCC1CNc1ccc([N+](=O)[O-])cc1C#N. The van der Waals surface area contributed by atoms with Gasteiger partial charge in [0, 0.05) is 18.7 Å². The summed E-state index contributed by atoms with van der Waals surface area (Å²) < 4.78 is 0. The van der Waals surface area contributed by atoms with E-state index in [0.717, 1.165) is 6.54 Å². The number of rotatable bonds is 4. The summed E-state index contributed by atoms with van der Waals surface area (Å²) in [4.78, 5) is 10.2. The number of anilines is 1. The van der Waals surface area contributed by atoms with Crippen molar-refractivity contribution in [2.24, 2.45) is 11.8 Å². The van der Waals surface area contributed by atoms with Crippen LogP contribution in [-0.4, -0.2) is 11.5 Å². The van der Waals surface area contributed by atoms with Crippen LogP contribution in [0.5, 0.6) is 0 Å². The Morgan fingerprint density at radius 3 is 2.85 bits per heavy atom. The first-order valence-corrected chi connectivity index (χ1v) is 7.04. The molecule has 20 heavy (non-hydrogen) atoms. The number of benzene rings is 1. The Morgan fingerprint density at radius 1 is 1.45 bits per heavy atom. The number of non-ortho nitro benzene ring substituents is 1. The Balaban J connectivity index is 2.05. The number of nitro benzene ring substituents is 1. The molecule has 1 aliphatic carbocycles. The van der Waals surface area contributed by atoms with E-state index >= 15 is 0 Å². The van der Waals surface area contributed by atoms with Crippen molar-refractivity contribution in [1.82, 2.24) is 0 Å². The summed E-state index contributed by atoms with van der Waals surface area (Å²) in [6.07, 6.45) is 5.04. The van der Waals surface area contributed by atoms with Crippen LogP contribution in [0, 0.1) is 33.3 Å². The van der Waals surface area contributed by atoms with E-state index in [1.165, 1.54) is 37.8 Å². The molecule has 0 heterocycles. The topological polar surface area (TPSA) is 79.0 Å². The summed E-state index contributed by atoms with van der Waals surface area (Å²) in [6, 6.07) is 6.42. The van der Waals surface area contributed by atoms with E-state index in [1.807, 2.05) is 6.07 Å². The van der Waals surface area contributed by atoms with Crippen molar-refractivity contribution in [2.45, 2.75) is 32.6 Å². The van der Waals surface area contributed by atoms with E-state index in [4.69, 9.17) is 5.26 Å². The molecule has 1 aliphatic rings. The van der Waals surface area contributed by atoms with Gasteiger partial charge >= 0.3 is 0 Å². The lowest BCUT2D eigenvalue weighted by Gasteiger charge is -2.29. The van der Waals surface area contributed by atoms with Crippen LogP contribution >= 0.6 is 0 Å². The molecule has 2 rings (SSSR count). The van der Waals surface area contributed by atoms with Crippen molar-refractivity contribution in [1.29, 1.82) is 5.26 Å². The molecule has 1 aromatic rings. The third-order valence-electron chi connectivity index (χ3n) is 4.18. The summed E-state index contributed by atoms with van der Waals surface area (Å²) in [5.74, 6) is 1.31. The molecule has 1 saturated carbocycles. The fraction of sp³-hybridized carbons (Fsp3) is 0.533. The molecule has 1 fully saturated rings. The zero-order valence-corrected chi connectivity index (χ0v) is 11.6. The molecular formula is C15H19N3O2. The monoisotopic (exact) mass is 273 g/mol. The fourth-order valence-corrected chi connectivity index (χ4v) is 2.83. The standard InChI is InChI=1S/C15H19N3O2/c1-11-4-2-3-5-12(11)10-17-15-7-6-14(18(19)20)8-13(15)9-16/h6-8,11-12,17H,2-5,10H2,1H3. The zero-order valence-electron chi connectivity index (χ0n) is 11.6. The average Bonchev–Trinajstić information content (AvgIpc) is 2.46. The summed E-state index contributed by atoms with van der Waals surface area (Å²) in [5, 5.41) is 23.1. The number of nitrogens with zero attached hydrogens (tertiary/aromatic N) is 2. The van der Waals surface area contributed by atoms with Gasteiger partial charge in [0.1, 0.15) is 6.07 Å². The van der Waals surface area contributed by atoms with Gasteiger partial charge < -0.3 is 5.32 Å². The molecule has 5 nitrogen and oxygen atoms in total. The van der Waals surface area contributed by atoms with Crippen LogP contribution in [0.3, 0.4) is 0 Å². The molecule has 0 saturated heterocycles. The van der Waals surface area contributed by atoms with E-state index < -0.39 is 4.92 Å². The summed E-state index contributed by atoms with van der Waals surface area (Å²) in [5.41, 5.74) is 0.983. The summed E-state index contributed by atoms with van der Waals surface area (Å²) in [6.45, 7) is 3.10. The van der Waals surface area contributed by atoms with Crippen LogP contribution in [0.1, 0.15) is 38.2 Å². The Bertz CT molecular complexity index is 536. The summed E-state index contributed by atoms with van der Waals surface area (Å²) >= 11 is 0. The molecule has 0 spiro atoms. The first-order valence-electron chi connectivity index (χ1n) is 7.04. The zero-order chi connectivity index (χ0) is 14.5. The van der Waals surface area contributed by atoms with Crippen molar-refractivity contribution in [2.75, 3.05) is 11.9 Å². The fourth-order valence-electron chi connectivity index (χ4n) is 2.83. The minimum Gasteiger partial charge on any atom is -0.384 e. The maximum atomic E-state index is 10.7. The normalized spacial score (nSPS) is 22.0. The van der Waals surface area contributed by atoms with Gasteiger partial charge in [0.25, 0.3) is 5.69 Å². The second kappa shape index (κ2) is 6.38. The van der Waals surface area contributed by atoms with Crippen molar-refractivity contribution in [3.63, 3.8) is 0 Å². The van der Waals surface area contributed by atoms with Gasteiger partial charge in [-0.3, -0.25) is 10.1 Å². The third-order valence-corrected chi connectivity index (χ3v) is 4.18. The highest BCUT2D eigenvalue weighted by atomic mass is 16.6. The molecule has 2 atom stereocenters. The van der Waals surface area contributed by atoms with Crippen molar-refractivity contribution in [3.8, 4) is 6.07 Å². The number of nitro groups is 1. The number of hydrogen-bond acceptors (Lipinski definition) is 4. The number of nitrogens with one attached hydrogen (secondary N) is 1. The smallest absolute Gasteiger partial charge is 0.270 e. The molecule has 0 aromatic heterocycles. The largest absolute Gasteiger partial charge is 0.384 e. The van der Waals surface area contributed by atoms with Crippen molar-refractivity contribution >= 4 is 11.4 Å². The second-order valence-corrected chi connectivity index (χ2v) is 5.50. The summed E-state index contributed by atoms with van der Waals surface area (Å²) in [7, 11) is 0. The first kappa shape index (κ1) is 14.3. The Hall–Kier alpha value is -2.09. The molecular weight excluding hydrogens is 254 g/mol. The van der Waals surface area contributed by atoms with Gasteiger partial charge in [-0.05, 0) is 24.3 Å². The lowest BCUT2D eigenvalue weighted by atomic mass is 9.80. The minimum atomic E-state index is -0.478. The van der Waals surface area contributed by atoms with Gasteiger partial charge in [-0.2, -0.15) is 5.26 Å². The molecule has 5 heteroatoms. The average molecular weight is 273 g/mol. The second-order valence-electron chi connectivity index (χ2n) is 5.50. The lowest BCUT2D eigenvalue weighted by molar-refractivity contribution is -0.384. The van der Waals surface area contributed by atoms with Crippen molar-refractivity contribution in [3.05, 3.63) is 33.9 Å². The molecule has 106 valence electrons. The molecule has 0 radical (unpaired) electrons. The van der Waals surface area contributed by atoms with E-state index in [0.29, 0.717) is 23.1 Å². The number of hydrogen-bond donors (Lipinski definition) is 1. The van der Waals surface area contributed by atoms with Gasteiger partial charge in [-0.1, -0.05) is 26.2 Å². The van der Waals surface area contributed by atoms with Gasteiger partial charge in [0.15, 0.2) is 0 Å². The molecule has 2 unspecified atom stereocenters. The van der Waals surface area contributed by atoms with Crippen LogP contribution in [-0.2, 0) is 0 Å². The predicted octanol–water partition coefficient (Wildman–Crippen LogP) is 3.70. The van der Waals surface area contributed by atoms with E-state index in [9.17, 15) is 10.1 Å². The first-order chi connectivity index (χ1) is 9.61. The van der Waals surface area contributed by atoms with Crippen LogP contribution in [0.25, 0.3) is 0 Å². The highest BCUT2D eigenvalue weighted by Crippen LogP contribution is 2.30. The maximum Gasteiger partial charge on any atom is 0.270 e. The van der Waals surface area contributed by atoms with Gasteiger partial charge in [-0.25, -0.2) is 0 Å². The molecule has 1 N–H and O–H groups in total. The minimum absolute atomic E-state index is 0.0434. The van der Waals surface area contributed by atoms with Gasteiger partial charge in [0.05, 0.1) is 16.2 Å². The quantitative estimate of drug-likeness (QED) is 0.670. The molecule has 0 amide bonds. The Morgan fingerprint density at radius 2 is 2.20 bits per heavy atom. The molecule has 1 aromatic carbocycles. The Kier molecular flexibility index (Phi) is 4.57. The highest BCUT2D eigenvalue weighted by molar-refractivity contribution is 5.61. The van der Waals surface area contributed by atoms with Crippen LogP contribution in [0.4, 0.5) is 11.4 Å². The van der Waals surface area contributed by atoms with Gasteiger partial charge in [-0.15, -0.1) is 0 Å². The molecule has 0 aliphatic heterocycles. The van der Waals surface area contributed by atoms with Crippen LogP contribution < -0.4 is 5.32 Å². The number of nitriles is 1.